The Kier molecular flexibility index (Phi) is 9.04. The molecule has 0 spiro atoms. The maximum Gasteiger partial charge on any atom is 0.229 e. The standard InChI is InChI=1S/C25H33N3O4S2/c1-5-27(6-2)16-17-28(25-26-24-21(32-7-3)9-8-10-22(24)33-25)23(29)15-18-34(30,31)20-13-11-19(4)12-14-20/h8-14H,5-7,15-18H2,1-4H3. The van der Waals surface area contributed by atoms with E-state index in [1.54, 1.807) is 29.2 Å². The van der Waals surface area contributed by atoms with Crippen LogP contribution in [0, 0.1) is 6.92 Å². The zero-order valence-corrected chi connectivity index (χ0v) is 21.9. The largest absolute Gasteiger partial charge is 0.492 e. The van der Waals surface area contributed by atoms with Crippen molar-refractivity contribution in [2.24, 2.45) is 0 Å². The maximum absolute atomic E-state index is 13.3. The fraction of sp³-hybridized carbons (Fsp3) is 0.440. The third kappa shape index (κ3) is 6.34. The Morgan fingerprint density at radius 2 is 1.74 bits per heavy atom. The van der Waals surface area contributed by atoms with E-state index in [-0.39, 0.29) is 23.0 Å². The molecule has 1 aromatic heterocycles. The number of rotatable bonds is 12. The summed E-state index contributed by atoms with van der Waals surface area (Å²) in [5.41, 5.74) is 1.71. The number of aryl methyl sites for hydroxylation is 1. The van der Waals surface area contributed by atoms with Crippen molar-refractivity contribution >= 4 is 42.4 Å². The molecule has 0 saturated heterocycles. The van der Waals surface area contributed by atoms with E-state index in [0.717, 1.165) is 28.9 Å². The minimum Gasteiger partial charge on any atom is -0.492 e. The molecule has 9 heteroatoms. The van der Waals surface area contributed by atoms with Crippen LogP contribution in [-0.2, 0) is 14.6 Å². The Balaban J connectivity index is 1.85. The van der Waals surface area contributed by atoms with E-state index >= 15 is 0 Å². The number of carbonyl (C=O) groups excluding carboxylic acids is 1. The fourth-order valence-electron chi connectivity index (χ4n) is 3.63. The van der Waals surface area contributed by atoms with Crippen LogP contribution in [0.5, 0.6) is 5.75 Å². The zero-order valence-electron chi connectivity index (χ0n) is 20.3. The molecule has 0 N–H and O–H groups in total. The number of para-hydroxylation sites is 1. The van der Waals surface area contributed by atoms with Crippen LogP contribution in [0.4, 0.5) is 5.13 Å². The van der Waals surface area contributed by atoms with Gasteiger partial charge in [0.1, 0.15) is 11.3 Å². The molecule has 1 heterocycles. The average molecular weight is 504 g/mol. The summed E-state index contributed by atoms with van der Waals surface area (Å²) in [5.74, 6) is 0.187. The molecule has 0 aliphatic carbocycles. The van der Waals surface area contributed by atoms with Gasteiger partial charge in [0.15, 0.2) is 15.0 Å². The van der Waals surface area contributed by atoms with Gasteiger partial charge in [-0.3, -0.25) is 9.69 Å². The number of hydrogen-bond donors (Lipinski definition) is 0. The van der Waals surface area contributed by atoms with Gasteiger partial charge in [0.25, 0.3) is 0 Å². The van der Waals surface area contributed by atoms with Crippen LogP contribution < -0.4 is 9.64 Å². The van der Waals surface area contributed by atoms with Gasteiger partial charge in [0.05, 0.1) is 22.0 Å². The molecule has 0 atom stereocenters. The molecule has 34 heavy (non-hydrogen) atoms. The molecule has 0 aliphatic heterocycles. The topological polar surface area (TPSA) is 79.8 Å². The van der Waals surface area contributed by atoms with Crippen molar-refractivity contribution in [2.75, 3.05) is 43.4 Å². The predicted octanol–water partition coefficient (Wildman–Crippen LogP) is 4.54. The highest BCUT2D eigenvalue weighted by atomic mass is 32.2. The van der Waals surface area contributed by atoms with E-state index in [1.165, 1.54) is 11.3 Å². The number of thiazole rings is 1. The van der Waals surface area contributed by atoms with Gasteiger partial charge in [-0.2, -0.15) is 0 Å². The lowest BCUT2D eigenvalue weighted by molar-refractivity contribution is -0.118. The Bertz CT molecular complexity index is 1200. The Labute approximate surface area is 206 Å². The summed E-state index contributed by atoms with van der Waals surface area (Å²) >= 11 is 1.42. The molecule has 2 aromatic carbocycles. The Morgan fingerprint density at radius 1 is 1.03 bits per heavy atom. The first-order chi connectivity index (χ1) is 16.3. The molecule has 0 unspecified atom stereocenters. The quantitative estimate of drug-likeness (QED) is 0.361. The molecule has 0 aliphatic rings. The maximum atomic E-state index is 13.3. The van der Waals surface area contributed by atoms with Crippen LogP contribution >= 0.6 is 11.3 Å². The van der Waals surface area contributed by atoms with E-state index in [4.69, 9.17) is 9.72 Å². The fourth-order valence-corrected chi connectivity index (χ4v) is 5.88. The summed E-state index contributed by atoms with van der Waals surface area (Å²) < 4.78 is 32.3. The third-order valence-corrected chi connectivity index (χ3v) is 8.48. The van der Waals surface area contributed by atoms with Crippen molar-refractivity contribution in [3.8, 4) is 5.75 Å². The molecular formula is C25H33N3O4S2. The van der Waals surface area contributed by atoms with Gasteiger partial charge in [-0.05, 0) is 51.2 Å². The lowest BCUT2D eigenvalue weighted by Crippen LogP contribution is -2.39. The molecule has 3 rings (SSSR count). The van der Waals surface area contributed by atoms with Gasteiger partial charge in [-0.15, -0.1) is 0 Å². The molecular weight excluding hydrogens is 470 g/mol. The lowest BCUT2D eigenvalue weighted by Gasteiger charge is -2.24. The smallest absolute Gasteiger partial charge is 0.229 e. The number of carbonyl (C=O) groups is 1. The van der Waals surface area contributed by atoms with Gasteiger partial charge in [0.2, 0.25) is 5.91 Å². The Morgan fingerprint density at radius 3 is 2.38 bits per heavy atom. The average Bonchev–Trinajstić information content (AvgIpc) is 3.26. The molecule has 1 amide bonds. The van der Waals surface area contributed by atoms with Crippen LogP contribution in [0.3, 0.4) is 0 Å². The number of ether oxygens (including phenoxy) is 1. The molecule has 3 aromatic rings. The number of nitrogens with zero attached hydrogens (tertiary/aromatic N) is 3. The van der Waals surface area contributed by atoms with Gasteiger partial charge < -0.3 is 9.64 Å². The van der Waals surface area contributed by atoms with Crippen molar-refractivity contribution in [1.82, 2.24) is 9.88 Å². The number of anilines is 1. The molecule has 0 radical (unpaired) electrons. The Hall–Kier alpha value is -2.49. The van der Waals surface area contributed by atoms with E-state index in [2.05, 4.69) is 18.7 Å². The highest BCUT2D eigenvalue weighted by Crippen LogP contribution is 2.34. The van der Waals surface area contributed by atoms with Crippen LogP contribution in [0.2, 0.25) is 0 Å². The number of benzene rings is 2. The van der Waals surface area contributed by atoms with E-state index < -0.39 is 9.84 Å². The molecule has 0 saturated carbocycles. The lowest BCUT2D eigenvalue weighted by atomic mass is 10.2. The summed E-state index contributed by atoms with van der Waals surface area (Å²) in [7, 11) is -3.56. The molecule has 0 bridgehead atoms. The second kappa shape index (κ2) is 11.8. The number of sulfone groups is 1. The van der Waals surface area contributed by atoms with Gasteiger partial charge in [-0.25, -0.2) is 13.4 Å². The van der Waals surface area contributed by atoms with E-state index in [0.29, 0.717) is 30.6 Å². The molecule has 7 nitrogen and oxygen atoms in total. The number of fused-ring (bicyclic) bond motifs is 1. The van der Waals surface area contributed by atoms with Gasteiger partial charge in [0, 0.05) is 19.5 Å². The monoisotopic (exact) mass is 503 g/mol. The van der Waals surface area contributed by atoms with Crippen LogP contribution in [0.15, 0.2) is 47.4 Å². The van der Waals surface area contributed by atoms with Crippen molar-refractivity contribution < 1.29 is 17.9 Å². The number of likely N-dealkylation sites (N-methyl/N-ethyl adjacent to an activating group) is 1. The van der Waals surface area contributed by atoms with E-state index in [1.807, 2.05) is 32.0 Å². The number of amides is 1. The van der Waals surface area contributed by atoms with Crippen LogP contribution in [-0.4, -0.2) is 62.7 Å². The van der Waals surface area contributed by atoms with Crippen molar-refractivity contribution in [2.45, 2.75) is 39.0 Å². The third-order valence-electron chi connectivity index (χ3n) is 5.70. The summed E-state index contributed by atoms with van der Waals surface area (Å²) in [6, 6.07) is 12.4. The highest BCUT2D eigenvalue weighted by Gasteiger charge is 2.24. The molecule has 184 valence electrons. The minimum absolute atomic E-state index is 0.108. The van der Waals surface area contributed by atoms with Gasteiger partial charge in [-0.1, -0.05) is 48.9 Å². The first-order valence-electron chi connectivity index (χ1n) is 11.6. The second-order valence-corrected chi connectivity index (χ2v) is 11.1. The predicted molar refractivity (Wildman–Crippen MR) is 139 cm³/mol. The summed E-state index contributed by atoms with van der Waals surface area (Å²) in [6.07, 6.45) is -0.108. The second-order valence-electron chi connectivity index (χ2n) is 7.99. The highest BCUT2D eigenvalue weighted by molar-refractivity contribution is 7.91. The van der Waals surface area contributed by atoms with Crippen LogP contribution in [0.1, 0.15) is 32.8 Å². The van der Waals surface area contributed by atoms with Crippen molar-refractivity contribution in [3.63, 3.8) is 0 Å². The summed E-state index contributed by atoms with van der Waals surface area (Å²) in [5, 5.41) is 0.562. The van der Waals surface area contributed by atoms with Crippen molar-refractivity contribution in [3.05, 3.63) is 48.0 Å². The van der Waals surface area contributed by atoms with Gasteiger partial charge >= 0.3 is 0 Å². The molecule has 0 fully saturated rings. The zero-order chi connectivity index (χ0) is 24.7. The van der Waals surface area contributed by atoms with Crippen molar-refractivity contribution in [1.29, 1.82) is 0 Å². The number of hydrogen-bond acceptors (Lipinski definition) is 7. The van der Waals surface area contributed by atoms with E-state index in [9.17, 15) is 13.2 Å². The SMILES string of the molecule is CCOc1cccc2sc(N(CCN(CC)CC)C(=O)CCS(=O)(=O)c3ccc(C)cc3)nc12. The first kappa shape index (κ1) is 26.1. The number of aromatic nitrogens is 1. The first-order valence-corrected chi connectivity index (χ1v) is 14.1. The van der Waals surface area contributed by atoms with Crippen LogP contribution in [0.25, 0.3) is 10.2 Å². The summed E-state index contributed by atoms with van der Waals surface area (Å²) in [4.78, 5) is 22.1. The summed E-state index contributed by atoms with van der Waals surface area (Å²) in [6.45, 7) is 11.4. The normalized spacial score (nSPS) is 11.8. The minimum atomic E-state index is -3.56.